The normalized spacial score (nSPS) is 10.9. The molecule has 0 fully saturated rings. The third-order valence-corrected chi connectivity index (χ3v) is 2.25. The first-order chi connectivity index (χ1) is 8.20. The molecule has 0 aliphatic heterocycles. The van der Waals surface area contributed by atoms with Crippen LogP contribution < -0.4 is 0 Å². The molecule has 0 amide bonds. The number of oxazole rings is 1. The van der Waals surface area contributed by atoms with Gasteiger partial charge in [-0.15, -0.1) is 0 Å². The Labute approximate surface area is 98.0 Å². The molecular formula is C12H13NO4. The molecule has 0 aliphatic rings. The molecule has 90 valence electrons. The third-order valence-electron chi connectivity index (χ3n) is 2.25. The Morgan fingerprint density at radius 3 is 3.06 bits per heavy atom. The Kier molecular flexibility index (Phi) is 3.39. The van der Waals surface area contributed by atoms with Gasteiger partial charge in [0.2, 0.25) is 5.89 Å². The molecule has 1 aromatic heterocycles. The van der Waals surface area contributed by atoms with Crippen LogP contribution >= 0.6 is 0 Å². The highest BCUT2D eigenvalue weighted by Crippen LogP contribution is 2.17. The van der Waals surface area contributed by atoms with E-state index in [2.05, 4.69) is 4.98 Å². The molecular weight excluding hydrogens is 222 g/mol. The molecule has 0 spiro atoms. The quantitative estimate of drug-likeness (QED) is 0.806. The average Bonchev–Trinajstić information content (AvgIpc) is 2.70. The van der Waals surface area contributed by atoms with Crippen LogP contribution in [0.3, 0.4) is 0 Å². The fourth-order valence-electron chi connectivity index (χ4n) is 1.47. The average molecular weight is 235 g/mol. The van der Waals surface area contributed by atoms with E-state index in [0.717, 1.165) is 6.42 Å². The highest BCUT2D eigenvalue weighted by atomic mass is 16.5. The number of ether oxygens (including phenoxy) is 1. The standard InChI is InChI=1S/C12H13NO4/c1-2-5-16-7-11-13-9-4-3-8(12(14)15)6-10(9)17-11/h3-4,6H,2,5,7H2,1H3,(H,14,15). The largest absolute Gasteiger partial charge is 0.478 e. The van der Waals surface area contributed by atoms with Crippen molar-refractivity contribution >= 4 is 17.1 Å². The number of aromatic nitrogens is 1. The summed E-state index contributed by atoms with van der Waals surface area (Å²) in [4.78, 5) is 15.0. The second-order valence-electron chi connectivity index (χ2n) is 3.65. The minimum atomic E-state index is -0.980. The van der Waals surface area contributed by atoms with Crippen molar-refractivity contribution in [3.8, 4) is 0 Å². The topological polar surface area (TPSA) is 72.6 Å². The molecule has 0 saturated carbocycles. The fourth-order valence-corrected chi connectivity index (χ4v) is 1.47. The SMILES string of the molecule is CCCOCc1nc2ccc(C(=O)O)cc2o1. The Bertz CT molecular complexity index is 532. The second kappa shape index (κ2) is 4.97. The van der Waals surface area contributed by atoms with Gasteiger partial charge in [0.15, 0.2) is 5.58 Å². The second-order valence-corrected chi connectivity index (χ2v) is 3.65. The van der Waals surface area contributed by atoms with Crippen LogP contribution in [0.1, 0.15) is 29.6 Å². The number of carboxylic acid groups (broad SMARTS) is 1. The van der Waals surface area contributed by atoms with Crippen LogP contribution in [0.2, 0.25) is 0 Å². The summed E-state index contributed by atoms with van der Waals surface area (Å²) in [7, 11) is 0. The lowest BCUT2D eigenvalue weighted by molar-refractivity contribution is 0.0697. The lowest BCUT2D eigenvalue weighted by Crippen LogP contribution is -1.94. The maximum Gasteiger partial charge on any atom is 0.335 e. The number of nitrogens with zero attached hydrogens (tertiary/aromatic N) is 1. The lowest BCUT2D eigenvalue weighted by Gasteiger charge is -1.96. The third kappa shape index (κ3) is 2.62. The number of fused-ring (bicyclic) bond motifs is 1. The van der Waals surface area contributed by atoms with Gasteiger partial charge in [0.05, 0.1) is 5.56 Å². The number of benzene rings is 1. The van der Waals surface area contributed by atoms with Crippen LogP contribution in [-0.2, 0) is 11.3 Å². The van der Waals surface area contributed by atoms with Gasteiger partial charge in [0.25, 0.3) is 0 Å². The van der Waals surface area contributed by atoms with Gasteiger partial charge in [0, 0.05) is 6.61 Å². The zero-order valence-electron chi connectivity index (χ0n) is 9.47. The molecule has 5 heteroatoms. The molecule has 1 N–H and O–H groups in total. The fraction of sp³-hybridized carbons (Fsp3) is 0.333. The summed E-state index contributed by atoms with van der Waals surface area (Å²) < 4.78 is 10.7. The van der Waals surface area contributed by atoms with Gasteiger partial charge in [-0.3, -0.25) is 0 Å². The molecule has 0 radical (unpaired) electrons. The highest BCUT2D eigenvalue weighted by molar-refractivity contribution is 5.91. The van der Waals surface area contributed by atoms with Crippen molar-refractivity contribution < 1.29 is 19.1 Å². The molecule has 0 atom stereocenters. The van der Waals surface area contributed by atoms with E-state index >= 15 is 0 Å². The minimum Gasteiger partial charge on any atom is -0.478 e. The highest BCUT2D eigenvalue weighted by Gasteiger charge is 2.09. The van der Waals surface area contributed by atoms with Gasteiger partial charge in [-0.1, -0.05) is 6.92 Å². The van der Waals surface area contributed by atoms with E-state index in [9.17, 15) is 4.79 Å². The summed E-state index contributed by atoms with van der Waals surface area (Å²) in [5, 5.41) is 8.84. The van der Waals surface area contributed by atoms with Gasteiger partial charge >= 0.3 is 5.97 Å². The van der Waals surface area contributed by atoms with Crippen LogP contribution in [0.15, 0.2) is 22.6 Å². The van der Waals surface area contributed by atoms with E-state index in [4.69, 9.17) is 14.3 Å². The molecule has 0 unspecified atom stereocenters. The molecule has 1 aromatic carbocycles. The molecule has 2 aromatic rings. The first kappa shape index (κ1) is 11.6. The molecule has 0 aliphatic carbocycles. The van der Waals surface area contributed by atoms with Crippen LogP contribution in [0.4, 0.5) is 0 Å². The molecule has 0 saturated heterocycles. The van der Waals surface area contributed by atoms with Crippen molar-refractivity contribution in [2.24, 2.45) is 0 Å². The van der Waals surface area contributed by atoms with Crippen LogP contribution in [0.5, 0.6) is 0 Å². The molecule has 0 bridgehead atoms. The molecule has 5 nitrogen and oxygen atoms in total. The molecule has 17 heavy (non-hydrogen) atoms. The summed E-state index contributed by atoms with van der Waals surface area (Å²) in [6.45, 7) is 2.98. The van der Waals surface area contributed by atoms with E-state index in [1.165, 1.54) is 12.1 Å². The summed E-state index contributed by atoms with van der Waals surface area (Å²) in [6.07, 6.45) is 0.934. The maximum atomic E-state index is 10.8. The van der Waals surface area contributed by atoms with Crippen molar-refractivity contribution in [2.75, 3.05) is 6.61 Å². The monoisotopic (exact) mass is 235 g/mol. The van der Waals surface area contributed by atoms with E-state index in [0.29, 0.717) is 30.2 Å². The summed E-state index contributed by atoms with van der Waals surface area (Å²) in [5.41, 5.74) is 1.31. The van der Waals surface area contributed by atoms with E-state index in [-0.39, 0.29) is 5.56 Å². The summed E-state index contributed by atoms with van der Waals surface area (Å²) >= 11 is 0. The maximum absolute atomic E-state index is 10.8. The Morgan fingerprint density at radius 2 is 2.35 bits per heavy atom. The Balaban J connectivity index is 2.21. The van der Waals surface area contributed by atoms with Gasteiger partial charge in [-0.25, -0.2) is 9.78 Å². The molecule has 1 heterocycles. The first-order valence-corrected chi connectivity index (χ1v) is 5.41. The van der Waals surface area contributed by atoms with Crippen molar-refractivity contribution in [2.45, 2.75) is 20.0 Å². The lowest BCUT2D eigenvalue weighted by atomic mass is 10.2. The Morgan fingerprint density at radius 1 is 1.53 bits per heavy atom. The number of carboxylic acids is 1. The van der Waals surface area contributed by atoms with Crippen LogP contribution in [0.25, 0.3) is 11.1 Å². The van der Waals surface area contributed by atoms with E-state index in [1.807, 2.05) is 6.92 Å². The van der Waals surface area contributed by atoms with E-state index < -0.39 is 5.97 Å². The predicted molar refractivity (Wildman–Crippen MR) is 60.9 cm³/mol. The summed E-state index contributed by atoms with van der Waals surface area (Å²) in [5.74, 6) is -0.511. The number of carbonyl (C=O) groups is 1. The zero-order valence-corrected chi connectivity index (χ0v) is 9.47. The zero-order chi connectivity index (χ0) is 12.3. The molecule has 2 rings (SSSR count). The van der Waals surface area contributed by atoms with Gasteiger partial charge < -0.3 is 14.3 Å². The first-order valence-electron chi connectivity index (χ1n) is 5.41. The Hall–Kier alpha value is -1.88. The summed E-state index contributed by atoms with van der Waals surface area (Å²) in [6, 6.07) is 4.60. The number of aromatic carboxylic acids is 1. The van der Waals surface area contributed by atoms with Crippen molar-refractivity contribution in [3.05, 3.63) is 29.7 Å². The number of hydrogen-bond donors (Lipinski definition) is 1. The van der Waals surface area contributed by atoms with Gasteiger partial charge in [-0.2, -0.15) is 0 Å². The van der Waals surface area contributed by atoms with Crippen LogP contribution in [-0.4, -0.2) is 22.7 Å². The van der Waals surface area contributed by atoms with E-state index in [1.54, 1.807) is 6.07 Å². The minimum absolute atomic E-state index is 0.190. The van der Waals surface area contributed by atoms with Crippen molar-refractivity contribution in [3.63, 3.8) is 0 Å². The van der Waals surface area contributed by atoms with Gasteiger partial charge in [-0.05, 0) is 24.6 Å². The smallest absolute Gasteiger partial charge is 0.335 e. The number of rotatable bonds is 5. The van der Waals surface area contributed by atoms with Crippen molar-refractivity contribution in [1.82, 2.24) is 4.98 Å². The predicted octanol–water partition coefficient (Wildman–Crippen LogP) is 2.45. The van der Waals surface area contributed by atoms with Crippen LogP contribution in [0, 0.1) is 0 Å². The van der Waals surface area contributed by atoms with Crippen molar-refractivity contribution in [1.29, 1.82) is 0 Å². The number of hydrogen-bond acceptors (Lipinski definition) is 4. The van der Waals surface area contributed by atoms with Gasteiger partial charge in [0.1, 0.15) is 12.1 Å².